The van der Waals surface area contributed by atoms with E-state index in [9.17, 15) is 4.21 Å². The van der Waals surface area contributed by atoms with Gasteiger partial charge in [-0.15, -0.1) is 0 Å². The van der Waals surface area contributed by atoms with Crippen LogP contribution < -0.4 is 0 Å². The van der Waals surface area contributed by atoms with Gasteiger partial charge in [0, 0.05) is 26.4 Å². The number of rotatable bonds is 1. The summed E-state index contributed by atoms with van der Waals surface area (Å²) in [5.74, 6) is 0. The van der Waals surface area contributed by atoms with Crippen molar-refractivity contribution in [3.63, 3.8) is 0 Å². The van der Waals surface area contributed by atoms with Crippen molar-refractivity contribution in [1.29, 1.82) is 0 Å². The van der Waals surface area contributed by atoms with E-state index in [0.717, 1.165) is 9.37 Å². The third kappa shape index (κ3) is 2.14. The van der Waals surface area contributed by atoms with Crippen LogP contribution in [0.25, 0.3) is 0 Å². The van der Waals surface area contributed by atoms with Gasteiger partial charge < -0.3 is 0 Å². The van der Waals surface area contributed by atoms with Gasteiger partial charge >= 0.3 is 0 Å². The number of halogens is 1. The molecule has 3 heteroatoms. The molecule has 1 nitrogen and oxygen atoms in total. The summed E-state index contributed by atoms with van der Waals surface area (Å²) in [7, 11) is -0.877. The second kappa shape index (κ2) is 3.50. The topological polar surface area (TPSA) is 17.1 Å². The zero-order valence-electron chi connectivity index (χ0n) is 6.43. The minimum Gasteiger partial charge on any atom is -0.255 e. The largest absolute Gasteiger partial charge is 0.255 e. The number of benzene rings is 1. The standard InChI is InChI=1S/C8H9BrOS/c1-6-3-4-7(11(2)10)5-8(6)9/h3-5H,1-2H3. The highest BCUT2D eigenvalue weighted by Crippen LogP contribution is 2.18. The molecule has 0 aliphatic carbocycles. The Balaban J connectivity index is 3.15. The quantitative estimate of drug-likeness (QED) is 0.728. The molecule has 0 N–H and O–H groups in total. The van der Waals surface area contributed by atoms with Gasteiger partial charge in [0.15, 0.2) is 0 Å². The third-order valence-corrected chi connectivity index (χ3v) is 3.25. The molecule has 0 aliphatic heterocycles. The van der Waals surface area contributed by atoms with Gasteiger partial charge in [0.1, 0.15) is 0 Å². The molecule has 0 heterocycles. The first-order valence-corrected chi connectivity index (χ1v) is 5.56. The summed E-state index contributed by atoms with van der Waals surface area (Å²) in [6, 6.07) is 5.74. The highest BCUT2D eigenvalue weighted by Gasteiger charge is 1.99. The molecule has 1 unspecified atom stereocenters. The Bertz CT molecular complexity index is 296. The Morgan fingerprint density at radius 2 is 2.09 bits per heavy atom. The summed E-state index contributed by atoms with van der Waals surface area (Å²) in [6.45, 7) is 2.01. The predicted octanol–water partition coefficient (Wildman–Crippen LogP) is 2.49. The van der Waals surface area contributed by atoms with Crippen molar-refractivity contribution in [3.8, 4) is 0 Å². The van der Waals surface area contributed by atoms with E-state index >= 15 is 0 Å². The summed E-state index contributed by atoms with van der Waals surface area (Å²) < 4.78 is 12.0. The molecule has 1 atom stereocenters. The van der Waals surface area contributed by atoms with Crippen LogP contribution in [0.5, 0.6) is 0 Å². The van der Waals surface area contributed by atoms with Crippen LogP contribution in [0.15, 0.2) is 27.6 Å². The smallest absolute Gasteiger partial charge is 0.0498 e. The predicted molar refractivity (Wildman–Crippen MR) is 51.2 cm³/mol. The molecule has 1 aromatic carbocycles. The minimum absolute atomic E-state index is 0.863. The van der Waals surface area contributed by atoms with E-state index in [2.05, 4.69) is 15.9 Å². The fourth-order valence-electron chi connectivity index (χ4n) is 0.752. The zero-order chi connectivity index (χ0) is 8.43. The van der Waals surface area contributed by atoms with Gasteiger partial charge in [0.2, 0.25) is 0 Å². The number of hydrogen-bond donors (Lipinski definition) is 0. The molecule has 0 saturated heterocycles. The maximum Gasteiger partial charge on any atom is 0.0498 e. The van der Waals surface area contributed by atoms with Gasteiger partial charge in [-0.3, -0.25) is 4.21 Å². The third-order valence-electron chi connectivity index (χ3n) is 1.48. The Morgan fingerprint density at radius 1 is 1.45 bits per heavy atom. The lowest BCUT2D eigenvalue weighted by Gasteiger charge is -1.99. The average molecular weight is 233 g/mol. The van der Waals surface area contributed by atoms with Crippen LogP contribution >= 0.6 is 15.9 Å². The molecule has 0 amide bonds. The van der Waals surface area contributed by atoms with Crippen LogP contribution in [0, 0.1) is 6.92 Å². The first kappa shape index (κ1) is 8.94. The molecule has 0 bridgehead atoms. The highest BCUT2D eigenvalue weighted by atomic mass is 79.9. The van der Waals surface area contributed by atoms with Crippen molar-refractivity contribution in [3.05, 3.63) is 28.2 Å². The molecule has 0 aromatic heterocycles. The van der Waals surface area contributed by atoms with E-state index in [1.807, 2.05) is 25.1 Å². The van der Waals surface area contributed by atoms with Crippen LogP contribution in [-0.2, 0) is 10.8 Å². The van der Waals surface area contributed by atoms with Crippen LogP contribution in [-0.4, -0.2) is 10.5 Å². The van der Waals surface area contributed by atoms with Crippen LogP contribution in [0.1, 0.15) is 5.56 Å². The lowest BCUT2D eigenvalue weighted by Crippen LogP contribution is -1.87. The fraction of sp³-hybridized carbons (Fsp3) is 0.250. The molecule has 11 heavy (non-hydrogen) atoms. The van der Waals surface area contributed by atoms with Crippen LogP contribution in [0.4, 0.5) is 0 Å². The van der Waals surface area contributed by atoms with Crippen molar-refractivity contribution in [2.45, 2.75) is 11.8 Å². The summed E-state index contributed by atoms with van der Waals surface area (Å²) in [5, 5.41) is 0. The lowest BCUT2D eigenvalue weighted by molar-refractivity contribution is 0.686. The Hall–Kier alpha value is -0.150. The van der Waals surface area contributed by atoms with Crippen molar-refractivity contribution in [1.82, 2.24) is 0 Å². The normalized spacial score (nSPS) is 13.0. The van der Waals surface area contributed by atoms with E-state index < -0.39 is 10.8 Å². The maximum absolute atomic E-state index is 11.0. The second-order valence-corrected chi connectivity index (χ2v) is 4.60. The fourth-order valence-corrected chi connectivity index (χ4v) is 1.83. The van der Waals surface area contributed by atoms with Gasteiger partial charge in [-0.2, -0.15) is 0 Å². The van der Waals surface area contributed by atoms with E-state index in [0.29, 0.717) is 0 Å². The highest BCUT2D eigenvalue weighted by molar-refractivity contribution is 9.10. The Kier molecular flexibility index (Phi) is 2.84. The van der Waals surface area contributed by atoms with Crippen molar-refractivity contribution in [2.24, 2.45) is 0 Å². The molecule has 0 fully saturated rings. The summed E-state index contributed by atoms with van der Waals surface area (Å²) in [4.78, 5) is 0.863. The average Bonchev–Trinajstić information content (AvgIpc) is 1.94. The zero-order valence-corrected chi connectivity index (χ0v) is 8.83. The molecule has 0 spiro atoms. The van der Waals surface area contributed by atoms with E-state index in [-0.39, 0.29) is 0 Å². The molecule has 1 rings (SSSR count). The Morgan fingerprint density at radius 3 is 2.55 bits per heavy atom. The molecular formula is C8H9BrOS. The van der Waals surface area contributed by atoms with E-state index in [1.54, 1.807) is 6.26 Å². The summed E-state index contributed by atoms with van der Waals surface area (Å²) in [6.07, 6.45) is 1.68. The molecule has 0 aliphatic rings. The van der Waals surface area contributed by atoms with Gasteiger partial charge in [-0.1, -0.05) is 22.0 Å². The second-order valence-electron chi connectivity index (χ2n) is 2.37. The van der Waals surface area contributed by atoms with Crippen LogP contribution in [0.3, 0.4) is 0 Å². The van der Waals surface area contributed by atoms with Gasteiger partial charge in [0.25, 0.3) is 0 Å². The summed E-state index contributed by atoms with van der Waals surface area (Å²) in [5.41, 5.74) is 1.17. The monoisotopic (exact) mass is 232 g/mol. The van der Waals surface area contributed by atoms with Gasteiger partial charge in [-0.05, 0) is 24.6 Å². The number of aryl methyl sites for hydroxylation is 1. The first-order valence-electron chi connectivity index (χ1n) is 3.21. The SMILES string of the molecule is Cc1ccc(S(C)=O)cc1Br. The minimum atomic E-state index is -0.877. The lowest BCUT2D eigenvalue weighted by atomic mass is 10.2. The molecule has 0 radical (unpaired) electrons. The molecule has 1 aromatic rings. The van der Waals surface area contributed by atoms with Crippen molar-refractivity contribution in [2.75, 3.05) is 6.26 Å². The van der Waals surface area contributed by atoms with Crippen molar-refractivity contribution >= 4 is 26.7 Å². The van der Waals surface area contributed by atoms with Crippen LogP contribution in [0.2, 0.25) is 0 Å². The molecule has 0 saturated carbocycles. The van der Waals surface area contributed by atoms with Gasteiger partial charge in [-0.25, -0.2) is 0 Å². The summed E-state index contributed by atoms with van der Waals surface area (Å²) >= 11 is 3.38. The Labute approximate surface area is 77.4 Å². The van der Waals surface area contributed by atoms with E-state index in [1.165, 1.54) is 5.56 Å². The maximum atomic E-state index is 11.0. The first-order chi connectivity index (χ1) is 5.11. The number of hydrogen-bond acceptors (Lipinski definition) is 1. The van der Waals surface area contributed by atoms with Gasteiger partial charge in [0.05, 0.1) is 0 Å². The molecular weight excluding hydrogens is 224 g/mol. The molecule has 60 valence electrons. The van der Waals surface area contributed by atoms with E-state index in [4.69, 9.17) is 0 Å². The van der Waals surface area contributed by atoms with Crippen molar-refractivity contribution < 1.29 is 4.21 Å².